The lowest BCUT2D eigenvalue weighted by Gasteiger charge is -2.12. The van der Waals surface area contributed by atoms with Crippen molar-refractivity contribution in [2.75, 3.05) is 6.61 Å². The number of carbonyl (C=O) groups excluding carboxylic acids is 3. The predicted molar refractivity (Wildman–Crippen MR) is 107 cm³/mol. The van der Waals surface area contributed by atoms with Crippen molar-refractivity contribution in [1.82, 2.24) is 5.32 Å². The second-order valence-corrected chi connectivity index (χ2v) is 6.62. The highest BCUT2D eigenvalue weighted by molar-refractivity contribution is 6.14. The number of carbonyl (C=O) groups is 3. The highest BCUT2D eigenvalue weighted by atomic mass is 16.5. The number of amides is 1. The molecule has 3 rings (SSSR count). The van der Waals surface area contributed by atoms with Crippen molar-refractivity contribution in [2.24, 2.45) is 0 Å². The van der Waals surface area contributed by atoms with Crippen molar-refractivity contribution >= 4 is 17.7 Å². The molecule has 0 aliphatic heterocycles. The average Bonchev–Trinajstić information content (AvgIpc) is 3.27. The van der Waals surface area contributed by atoms with Gasteiger partial charge in [-0.2, -0.15) is 0 Å². The maximum atomic E-state index is 12.8. The number of aryl methyl sites for hydroxylation is 1. The summed E-state index contributed by atoms with van der Waals surface area (Å²) < 4.78 is 10.3. The summed E-state index contributed by atoms with van der Waals surface area (Å²) in [5.74, 6) is -0.890. The first-order valence-corrected chi connectivity index (χ1v) is 9.16. The Morgan fingerprint density at radius 3 is 2.31 bits per heavy atom. The predicted octanol–water partition coefficient (Wildman–Crippen LogP) is 3.85. The first kappa shape index (κ1) is 20.1. The fourth-order valence-electron chi connectivity index (χ4n) is 2.82. The molecule has 1 atom stereocenters. The van der Waals surface area contributed by atoms with Crippen LogP contribution in [0, 0.1) is 6.92 Å². The molecule has 6 nitrogen and oxygen atoms in total. The largest absolute Gasteiger partial charge is 0.467 e. The molecule has 0 aliphatic carbocycles. The van der Waals surface area contributed by atoms with Crippen LogP contribution in [0.2, 0.25) is 0 Å². The Morgan fingerprint density at radius 2 is 1.66 bits per heavy atom. The molecule has 0 bridgehead atoms. The van der Waals surface area contributed by atoms with E-state index in [2.05, 4.69) is 5.32 Å². The zero-order valence-electron chi connectivity index (χ0n) is 16.2. The minimum absolute atomic E-state index is 0.116. The summed E-state index contributed by atoms with van der Waals surface area (Å²) >= 11 is 0. The van der Waals surface area contributed by atoms with Gasteiger partial charge in [0, 0.05) is 11.1 Å². The molecule has 1 N–H and O–H groups in total. The molecule has 0 saturated heterocycles. The molecule has 148 valence electrons. The maximum Gasteiger partial charge on any atom is 0.339 e. The van der Waals surface area contributed by atoms with Gasteiger partial charge in [-0.25, -0.2) is 4.79 Å². The number of furan rings is 1. The van der Waals surface area contributed by atoms with Gasteiger partial charge in [-0.05, 0) is 32.0 Å². The molecule has 6 heteroatoms. The normalized spacial score (nSPS) is 11.5. The van der Waals surface area contributed by atoms with E-state index in [9.17, 15) is 14.4 Å². The van der Waals surface area contributed by atoms with E-state index in [1.807, 2.05) is 19.1 Å². The van der Waals surface area contributed by atoms with Crippen LogP contribution in [0.3, 0.4) is 0 Å². The second-order valence-electron chi connectivity index (χ2n) is 6.62. The smallest absolute Gasteiger partial charge is 0.339 e. The van der Waals surface area contributed by atoms with Gasteiger partial charge < -0.3 is 14.5 Å². The first-order valence-electron chi connectivity index (χ1n) is 9.16. The van der Waals surface area contributed by atoms with Gasteiger partial charge in [-0.1, -0.05) is 48.0 Å². The van der Waals surface area contributed by atoms with Crippen LogP contribution >= 0.6 is 0 Å². The summed E-state index contributed by atoms with van der Waals surface area (Å²) in [6, 6.07) is 16.6. The number of hydrogen-bond donors (Lipinski definition) is 1. The molecule has 3 aromatic rings. The number of ether oxygens (including phenoxy) is 1. The Hall–Kier alpha value is -3.67. The molecule has 29 heavy (non-hydrogen) atoms. The summed E-state index contributed by atoms with van der Waals surface area (Å²) in [6.07, 6.45) is 1.51. The van der Waals surface area contributed by atoms with Crippen LogP contribution < -0.4 is 5.32 Å². The summed E-state index contributed by atoms with van der Waals surface area (Å²) in [5.41, 5.74) is 1.85. The molecule has 1 aromatic heterocycles. The van der Waals surface area contributed by atoms with Crippen molar-refractivity contribution in [2.45, 2.75) is 19.9 Å². The molecule has 0 spiro atoms. The summed E-state index contributed by atoms with van der Waals surface area (Å²) in [7, 11) is 0. The van der Waals surface area contributed by atoms with Crippen molar-refractivity contribution in [3.05, 3.63) is 94.9 Å². The molecule has 0 aliphatic rings. The van der Waals surface area contributed by atoms with Gasteiger partial charge in [0.2, 0.25) is 0 Å². The average molecular weight is 391 g/mol. The highest BCUT2D eigenvalue weighted by Crippen LogP contribution is 2.17. The molecule has 0 unspecified atom stereocenters. The molecular weight excluding hydrogens is 370 g/mol. The molecule has 2 aromatic carbocycles. The SMILES string of the molecule is Cc1ccc(C(=O)c2ccccc2C(=O)OCC(=O)N[C@@H](C)c2ccco2)cc1. The van der Waals surface area contributed by atoms with Crippen molar-refractivity contribution in [3.63, 3.8) is 0 Å². The highest BCUT2D eigenvalue weighted by Gasteiger charge is 2.20. The lowest BCUT2D eigenvalue weighted by atomic mass is 9.98. The number of rotatable bonds is 7. The Balaban J connectivity index is 1.66. The van der Waals surface area contributed by atoms with Crippen molar-refractivity contribution in [1.29, 1.82) is 0 Å². The van der Waals surface area contributed by atoms with Crippen LogP contribution in [0.25, 0.3) is 0 Å². The fraction of sp³-hybridized carbons (Fsp3) is 0.174. The van der Waals surface area contributed by atoms with Gasteiger partial charge in [-0.15, -0.1) is 0 Å². The van der Waals surface area contributed by atoms with Crippen LogP contribution in [-0.4, -0.2) is 24.3 Å². The molecule has 1 heterocycles. The van der Waals surface area contributed by atoms with Gasteiger partial charge in [-0.3, -0.25) is 9.59 Å². The molecule has 0 fully saturated rings. The topological polar surface area (TPSA) is 85.6 Å². The van der Waals surface area contributed by atoms with Crippen LogP contribution in [0.5, 0.6) is 0 Å². The Morgan fingerprint density at radius 1 is 0.966 bits per heavy atom. The number of ketones is 1. The Labute approximate surface area is 168 Å². The van der Waals surface area contributed by atoms with E-state index in [-0.39, 0.29) is 23.0 Å². The Kier molecular flexibility index (Phi) is 6.24. The van der Waals surface area contributed by atoms with E-state index in [0.717, 1.165) is 5.56 Å². The lowest BCUT2D eigenvalue weighted by Crippen LogP contribution is -2.31. The zero-order valence-corrected chi connectivity index (χ0v) is 16.2. The third kappa shape index (κ3) is 4.99. The Bertz CT molecular complexity index is 1010. The van der Waals surface area contributed by atoms with Crippen LogP contribution in [0.4, 0.5) is 0 Å². The minimum Gasteiger partial charge on any atom is -0.467 e. The van der Waals surface area contributed by atoms with E-state index >= 15 is 0 Å². The van der Waals surface area contributed by atoms with Crippen molar-refractivity contribution in [3.8, 4) is 0 Å². The lowest BCUT2D eigenvalue weighted by molar-refractivity contribution is -0.125. The minimum atomic E-state index is -0.734. The van der Waals surface area contributed by atoms with Gasteiger partial charge in [0.15, 0.2) is 12.4 Å². The second kappa shape index (κ2) is 9.01. The first-order chi connectivity index (χ1) is 14.0. The van der Waals surface area contributed by atoms with Gasteiger partial charge >= 0.3 is 5.97 Å². The van der Waals surface area contributed by atoms with Gasteiger partial charge in [0.05, 0.1) is 17.9 Å². The summed E-state index contributed by atoms with van der Waals surface area (Å²) in [6.45, 7) is 3.22. The molecule has 0 saturated carbocycles. The third-order valence-corrected chi connectivity index (χ3v) is 4.39. The number of benzene rings is 2. The maximum absolute atomic E-state index is 12.8. The molecule has 0 radical (unpaired) electrons. The van der Waals surface area contributed by atoms with Gasteiger partial charge in [0.1, 0.15) is 5.76 Å². The molecular formula is C23H21NO5. The summed E-state index contributed by atoms with van der Waals surface area (Å²) in [4.78, 5) is 37.4. The van der Waals surface area contributed by atoms with E-state index in [4.69, 9.17) is 9.15 Å². The molecule has 1 amide bonds. The monoisotopic (exact) mass is 391 g/mol. The number of nitrogens with one attached hydrogen (secondary N) is 1. The standard InChI is InChI=1S/C23H21NO5/c1-15-9-11-17(12-10-15)22(26)18-6-3-4-7-19(18)23(27)29-14-21(25)24-16(2)20-8-5-13-28-20/h3-13,16H,14H2,1-2H3,(H,24,25)/t16-/m0/s1. The van der Waals surface area contributed by atoms with Crippen LogP contribution in [-0.2, 0) is 9.53 Å². The van der Waals surface area contributed by atoms with Crippen LogP contribution in [0.1, 0.15) is 50.6 Å². The van der Waals surface area contributed by atoms with E-state index < -0.39 is 18.5 Å². The zero-order chi connectivity index (χ0) is 20.8. The third-order valence-electron chi connectivity index (χ3n) is 4.39. The summed E-state index contributed by atoms with van der Waals surface area (Å²) in [5, 5.41) is 2.68. The van der Waals surface area contributed by atoms with E-state index in [1.165, 1.54) is 12.3 Å². The fourth-order valence-corrected chi connectivity index (χ4v) is 2.82. The van der Waals surface area contributed by atoms with Gasteiger partial charge in [0.25, 0.3) is 5.91 Å². The quantitative estimate of drug-likeness (QED) is 0.488. The number of hydrogen-bond acceptors (Lipinski definition) is 5. The van der Waals surface area contributed by atoms with E-state index in [0.29, 0.717) is 11.3 Å². The number of esters is 1. The van der Waals surface area contributed by atoms with Crippen LogP contribution in [0.15, 0.2) is 71.3 Å². The van der Waals surface area contributed by atoms with Crippen molar-refractivity contribution < 1.29 is 23.5 Å². The van der Waals surface area contributed by atoms with E-state index in [1.54, 1.807) is 49.4 Å².